The maximum absolute atomic E-state index is 12.7. The number of esters is 3. The minimum absolute atomic E-state index is 0.0829. The SMILES string of the molecule is CCCC/C=C\CCCCCCCC(=O)OCC(COC(=O)CCCCCCCCC/C=C\C/C=C\CCCCC)OC(=O)CCCCCCC/C=C\CCCCC. The van der Waals surface area contributed by atoms with Crippen LogP contribution in [0.4, 0.5) is 0 Å². The van der Waals surface area contributed by atoms with Gasteiger partial charge in [0.2, 0.25) is 0 Å². The molecule has 1 unspecified atom stereocenters. The molecule has 0 bridgehead atoms. The smallest absolute Gasteiger partial charge is 0.306 e. The van der Waals surface area contributed by atoms with E-state index in [9.17, 15) is 14.4 Å². The molecule has 6 heteroatoms. The molecule has 0 saturated heterocycles. The molecular weight excluding hydrogens is 721 g/mol. The first-order chi connectivity index (χ1) is 28.5. The van der Waals surface area contributed by atoms with Crippen LogP contribution in [-0.4, -0.2) is 37.2 Å². The van der Waals surface area contributed by atoms with Crippen LogP contribution in [-0.2, 0) is 28.6 Å². The van der Waals surface area contributed by atoms with E-state index in [1.807, 2.05) is 0 Å². The summed E-state index contributed by atoms with van der Waals surface area (Å²) in [4.78, 5) is 37.8. The van der Waals surface area contributed by atoms with Gasteiger partial charge in [-0.3, -0.25) is 14.4 Å². The zero-order valence-electron chi connectivity index (χ0n) is 38.3. The van der Waals surface area contributed by atoms with Crippen LogP contribution in [0, 0.1) is 0 Å². The van der Waals surface area contributed by atoms with Gasteiger partial charge in [-0.05, 0) is 96.3 Å². The van der Waals surface area contributed by atoms with Crippen molar-refractivity contribution in [2.45, 2.75) is 252 Å². The first-order valence-electron chi connectivity index (χ1n) is 24.6. The number of hydrogen-bond acceptors (Lipinski definition) is 6. The third-order valence-corrected chi connectivity index (χ3v) is 10.5. The zero-order valence-corrected chi connectivity index (χ0v) is 38.3. The summed E-state index contributed by atoms with van der Waals surface area (Å²) in [6, 6.07) is 0. The third-order valence-electron chi connectivity index (χ3n) is 10.5. The number of carbonyl (C=O) groups excluding carboxylic acids is 3. The summed E-state index contributed by atoms with van der Waals surface area (Å²) in [5.74, 6) is -0.907. The average Bonchev–Trinajstić information content (AvgIpc) is 3.22. The lowest BCUT2D eigenvalue weighted by molar-refractivity contribution is -0.167. The van der Waals surface area contributed by atoms with Crippen molar-refractivity contribution in [2.24, 2.45) is 0 Å². The van der Waals surface area contributed by atoms with E-state index in [0.29, 0.717) is 19.3 Å². The van der Waals surface area contributed by atoms with E-state index in [0.717, 1.165) is 89.9 Å². The summed E-state index contributed by atoms with van der Waals surface area (Å²) >= 11 is 0. The van der Waals surface area contributed by atoms with E-state index in [2.05, 4.69) is 69.4 Å². The van der Waals surface area contributed by atoms with Crippen molar-refractivity contribution in [3.63, 3.8) is 0 Å². The first-order valence-corrected chi connectivity index (χ1v) is 24.6. The Kier molecular flexibility index (Phi) is 44.9. The van der Waals surface area contributed by atoms with Gasteiger partial charge in [-0.2, -0.15) is 0 Å². The summed E-state index contributed by atoms with van der Waals surface area (Å²) in [5, 5.41) is 0. The van der Waals surface area contributed by atoms with Gasteiger partial charge in [0, 0.05) is 19.3 Å². The van der Waals surface area contributed by atoms with Crippen molar-refractivity contribution < 1.29 is 28.6 Å². The fraction of sp³-hybridized carbons (Fsp3) is 0.788. The second kappa shape index (κ2) is 47.1. The van der Waals surface area contributed by atoms with E-state index >= 15 is 0 Å². The molecule has 0 heterocycles. The summed E-state index contributed by atoms with van der Waals surface area (Å²) in [6.07, 6.45) is 55.2. The van der Waals surface area contributed by atoms with Crippen LogP contribution in [0.15, 0.2) is 48.6 Å². The lowest BCUT2D eigenvalue weighted by Gasteiger charge is -2.18. The van der Waals surface area contributed by atoms with Crippen LogP contribution in [0.1, 0.15) is 245 Å². The van der Waals surface area contributed by atoms with Crippen LogP contribution < -0.4 is 0 Å². The van der Waals surface area contributed by atoms with Gasteiger partial charge in [-0.25, -0.2) is 0 Å². The number of hydrogen-bond donors (Lipinski definition) is 0. The fourth-order valence-corrected chi connectivity index (χ4v) is 6.74. The van der Waals surface area contributed by atoms with Crippen molar-refractivity contribution in [1.82, 2.24) is 0 Å². The van der Waals surface area contributed by atoms with Crippen LogP contribution in [0.5, 0.6) is 0 Å². The Morgan fingerprint density at radius 3 is 1.02 bits per heavy atom. The molecule has 0 aliphatic rings. The number of rotatable bonds is 44. The molecule has 0 aliphatic heterocycles. The normalized spacial score (nSPS) is 12.4. The summed E-state index contributed by atoms with van der Waals surface area (Å²) < 4.78 is 16.7. The number of unbranched alkanes of at least 4 members (excludes halogenated alkanes) is 25. The lowest BCUT2D eigenvalue weighted by Crippen LogP contribution is -2.30. The third kappa shape index (κ3) is 44.5. The molecule has 0 amide bonds. The van der Waals surface area contributed by atoms with Crippen molar-refractivity contribution in [2.75, 3.05) is 13.2 Å². The number of carbonyl (C=O) groups is 3. The van der Waals surface area contributed by atoms with Crippen LogP contribution in [0.2, 0.25) is 0 Å². The average molecular weight is 813 g/mol. The van der Waals surface area contributed by atoms with Gasteiger partial charge >= 0.3 is 17.9 Å². The molecule has 336 valence electrons. The minimum Gasteiger partial charge on any atom is -0.462 e. The Balaban J connectivity index is 4.37. The van der Waals surface area contributed by atoms with Crippen LogP contribution >= 0.6 is 0 Å². The maximum atomic E-state index is 12.7. The summed E-state index contributed by atoms with van der Waals surface area (Å²) in [6.45, 7) is 6.53. The molecule has 58 heavy (non-hydrogen) atoms. The number of allylic oxidation sites excluding steroid dienone is 8. The lowest BCUT2D eigenvalue weighted by atomic mass is 10.1. The van der Waals surface area contributed by atoms with Gasteiger partial charge in [0.1, 0.15) is 13.2 Å². The monoisotopic (exact) mass is 813 g/mol. The highest BCUT2D eigenvalue weighted by molar-refractivity contribution is 5.71. The second-order valence-electron chi connectivity index (χ2n) is 16.4. The molecule has 1 atom stereocenters. The molecule has 6 nitrogen and oxygen atoms in total. The predicted octanol–water partition coefficient (Wildman–Crippen LogP) is 15.9. The van der Waals surface area contributed by atoms with Gasteiger partial charge in [-0.15, -0.1) is 0 Å². The summed E-state index contributed by atoms with van der Waals surface area (Å²) in [7, 11) is 0. The van der Waals surface area contributed by atoms with E-state index in [1.165, 1.54) is 116 Å². The van der Waals surface area contributed by atoms with Crippen molar-refractivity contribution in [3.05, 3.63) is 48.6 Å². The maximum Gasteiger partial charge on any atom is 0.306 e. The van der Waals surface area contributed by atoms with Gasteiger partial charge in [0.25, 0.3) is 0 Å². The highest BCUT2D eigenvalue weighted by Crippen LogP contribution is 2.14. The highest BCUT2D eigenvalue weighted by atomic mass is 16.6. The fourth-order valence-electron chi connectivity index (χ4n) is 6.74. The molecule has 0 N–H and O–H groups in total. The molecular formula is C52H92O6. The molecule has 0 aromatic carbocycles. The molecule has 0 aromatic rings. The molecule has 0 saturated carbocycles. The Morgan fingerprint density at radius 1 is 0.345 bits per heavy atom. The summed E-state index contributed by atoms with van der Waals surface area (Å²) in [5.41, 5.74) is 0. The topological polar surface area (TPSA) is 78.9 Å². The van der Waals surface area contributed by atoms with Crippen LogP contribution in [0.3, 0.4) is 0 Å². The van der Waals surface area contributed by atoms with E-state index in [4.69, 9.17) is 14.2 Å². The largest absolute Gasteiger partial charge is 0.462 e. The molecule has 0 fully saturated rings. The predicted molar refractivity (Wildman–Crippen MR) is 247 cm³/mol. The van der Waals surface area contributed by atoms with Crippen LogP contribution in [0.25, 0.3) is 0 Å². The van der Waals surface area contributed by atoms with Gasteiger partial charge in [0.05, 0.1) is 0 Å². The zero-order chi connectivity index (χ0) is 42.3. The van der Waals surface area contributed by atoms with E-state index in [-0.39, 0.29) is 31.1 Å². The second-order valence-corrected chi connectivity index (χ2v) is 16.4. The van der Waals surface area contributed by atoms with E-state index in [1.54, 1.807) is 0 Å². The number of ether oxygens (including phenoxy) is 3. The Bertz CT molecular complexity index is 1030. The Morgan fingerprint density at radius 2 is 0.638 bits per heavy atom. The van der Waals surface area contributed by atoms with Crippen molar-refractivity contribution in [3.8, 4) is 0 Å². The minimum atomic E-state index is -0.781. The molecule has 0 radical (unpaired) electrons. The van der Waals surface area contributed by atoms with Gasteiger partial charge in [0.15, 0.2) is 6.10 Å². The molecule has 0 aliphatic carbocycles. The Labute approximate surface area is 358 Å². The van der Waals surface area contributed by atoms with Crippen molar-refractivity contribution >= 4 is 17.9 Å². The van der Waals surface area contributed by atoms with Gasteiger partial charge in [-0.1, -0.05) is 179 Å². The highest BCUT2D eigenvalue weighted by Gasteiger charge is 2.19. The van der Waals surface area contributed by atoms with Gasteiger partial charge < -0.3 is 14.2 Å². The quantitative estimate of drug-likeness (QED) is 0.0264. The molecule has 0 spiro atoms. The standard InChI is InChI=1S/C52H92O6/c1-4-7-10-13-16-19-22-24-25-26-27-28-31-33-36-39-42-45-51(54)57-48-49(47-56-50(53)44-41-38-35-32-29-21-18-15-12-9-6-3)58-52(55)46-43-40-37-34-30-23-20-17-14-11-8-5-2/h15-20,24-25,49H,4-14,21-23,26-48H2,1-3H3/b18-15-,19-16-,20-17-,25-24-. The van der Waals surface area contributed by atoms with E-state index < -0.39 is 6.10 Å². The van der Waals surface area contributed by atoms with Crippen molar-refractivity contribution in [1.29, 1.82) is 0 Å². The first kappa shape index (κ1) is 55.4. The molecule has 0 rings (SSSR count). The Hall–Kier alpha value is -2.63. The molecule has 0 aromatic heterocycles.